The molecule has 30 heavy (non-hydrogen) atoms. The highest BCUT2D eigenvalue weighted by Gasteiger charge is 2.65. The maximum atomic E-state index is 14.8. The number of pyridine rings is 2. The minimum absolute atomic E-state index is 0.326. The predicted molar refractivity (Wildman–Crippen MR) is 102 cm³/mol. The summed E-state index contributed by atoms with van der Waals surface area (Å²) in [5.41, 5.74) is 3.80. The van der Waals surface area contributed by atoms with Crippen LogP contribution in [0, 0.1) is 11.7 Å². The van der Waals surface area contributed by atoms with E-state index in [2.05, 4.69) is 15.0 Å². The molecule has 1 aliphatic carbocycles. The molecule has 2 N–H and O–H groups in total. The van der Waals surface area contributed by atoms with E-state index in [4.69, 9.17) is 26.8 Å². The third kappa shape index (κ3) is 2.94. The van der Waals surface area contributed by atoms with Gasteiger partial charge in [0.25, 0.3) is 12.4 Å². The number of hydrogen-bond acceptors (Lipinski definition) is 6. The maximum absolute atomic E-state index is 14.8. The maximum Gasteiger partial charge on any atom is 0.283 e. The van der Waals surface area contributed by atoms with Crippen molar-refractivity contribution >= 4 is 17.6 Å². The number of hydrogen-bond donors (Lipinski definition) is 1. The fourth-order valence-electron chi connectivity index (χ4n) is 4.34. The molecule has 6 nitrogen and oxygen atoms in total. The number of ether oxygens (including phenoxy) is 2. The Hall–Kier alpha value is -2.39. The number of alkyl halides is 2. The standard InChI is InChI=1S/C20H18ClF3N4O2/c21-10-1-4-15(26-7-10)19(8-29-9-19)6-11-2-3-13(22)16(27-11)20(17(23)24)12-5-14(12)30-18(25)28-20/h1-4,7,12,14,17H,5-6,8-9H2,(H2,25,28)/t12-,14+,20-/m0/s1. The number of halogens is 4. The first-order valence-electron chi connectivity index (χ1n) is 9.50. The molecule has 158 valence electrons. The van der Waals surface area contributed by atoms with Gasteiger partial charge >= 0.3 is 0 Å². The van der Waals surface area contributed by atoms with Crippen molar-refractivity contribution in [2.75, 3.05) is 13.2 Å². The topological polar surface area (TPSA) is 82.6 Å². The van der Waals surface area contributed by atoms with Gasteiger partial charge in [0.15, 0.2) is 5.54 Å². The minimum atomic E-state index is -2.98. The molecule has 0 aromatic carbocycles. The molecular formula is C20H18ClF3N4O2. The lowest BCUT2D eigenvalue weighted by Gasteiger charge is -2.41. The number of rotatable bonds is 5. The van der Waals surface area contributed by atoms with E-state index >= 15 is 0 Å². The van der Waals surface area contributed by atoms with E-state index in [1.165, 1.54) is 6.07 Å². The Labute approximate surface area is 175 Å². The van der Waals surface area contributed by atoms with Crippen molar-refractivity contribution in [1.29, 1.82) is 0 Å². The zero-order valence-corrected chi connectivity index (χ0v) is 16.5. The van der Waals surface area contributed by atoms with Crippen LogP contribution in [-0.4, -0.2) is 41.7 Å². The Morgan fingerprint density at radius 3 is 2.67 bits per heavy atom. The molecule has 0 radical (unpaired) electrons. The molecule has 0 bridgehead atoms. The molecule has 1 saturated heterocycles. The molecule has 0 amide bonds. The quantitative estimate of drug-likeness (QED) is 0.776. The summed E-state index contributed by atoms with van der Waals surface area (Å²) in [6, 6.07) is 5.81. The largest absolute Gasteiger partial charge is 0.462 e. The summed E-state index contributed by atoms with van der Waals surface area (Å²) >= 11 is 5.93. The van der Waals surface area contributed by atoms with Gasteiger partial charge in [0, 0.05) is 24.2 Å². The van der Waals surface area contributed by atoms with Gasteiger partial charge in [-0.3, -0.25) is 9.97 Å². The summed E-state index contributed by atoms with van der Waals surface area (Å²) in [6.45, 7) is 0.777. The van der Waals surface area contributed by atoms with Crippen LogP contribution in [0.5, 0.6) is 0 Å². The first-order valence-corrected chi connectivity index (χ1v) is 9.88. The second-order valence-electron chi connectivity index (χ2n) is 8.02. The van der Waals surface area contributed by atoms with Crippen LogP contribution in [0.25, 0.3) is 0 Å². The SMILES string of the molecule is NC1=N[C@@](c2nc(CC3(c4ccc(Cl)cn4)COC3)ccc2F)(C(F)F)[C@H]2C[C@H]2O1. The van der Waals surface area contributed by atoms with Gasteiger partial charge in [-0.1, -0.05) is 11.6 Å². The molecule has 2 aromatic rings. The second kappa shape index (κ2) is 6.81. The first-order chi connectivity index (χ1) is 14.3. The van der Waals surface area contributed by atoms with Gasteiger partial charge in [-0.15, -0.1) is 0 Å². The Morgan fingerprint density at radius 1 is 1.23 bits per heavy atom. The van der Waals surface area contributed by atoms with E-state index in [0.29, 0.717) is 36.8 Å². The fraction of sp³-hybridized carbons (Fsp3) is 0.450. The molecular weight excluding hydrogens is 421 g/mol. The highest BCUT2D eigenvalue weighted by Crippen LogP contribution is 2.55. The van der Waals surface area contributed by atoms with Crippen molar-refractivity contribution in [1.82, 2.24) is 9.97 Å². The average molecular weight is 439 g/mol. The lowest BCUT2D eigenvalue weighted by Crippen LogP contribution is -2.49. The van der Waals surface area contributed by atoms with Crippen LogP contribution in [0.15, 0.2) is 35.5 Å². The van der Waals surface area contributed by atoms with E-state index in [0.717, 1.165) is 11.8 Å². The number of nitrogens with zero attached hydrogens (tertiary/aromatic N) is 3. The number of aliphatic imine (C=N–C) groups is 1. The smallest absolute Gasteiger partial charge is 0.283 e. The predicted octanol–water partition coefficient (Wildman–Crippen LogP) is 2.97. The summed E-state index contributed by atoms with van der Waals surface area (Å²) in [7, 11) is 0. The molecule has 3 atom stereocenters. The van der Waals surface area contributed by atoms with Gasteiger partial charge in [-0.2, -0.15) is 0 Å². The highest BCUT2D eigenvalue weighted by molar-refractivity contribution is 6.30. The van der Waals surface area contributed by atoms with Crippen LogP contribution >= 0.6 is 11.6 Å². The molecule has 2 fully saturated rings. The van der Waals surface area contributed by atoms with Crippen molar-refractivity contribution in [3.8, 4) is 0 Å². The van der Waals surface area contributed by atoms with Gasteiger partial charge < -0.3 is 15.2 Å². The molecule has 10 heteroatoms. The van der Waals surface area contributed by atoms with Gasteiger partial charge in [-0.05, 0) is 30.7 Å². The van der Waals surface area contributed by atoms with Crippen LogP contribution in [-0.2, 0) is 26.8 Å². The molecule has 0 spiro atoms. The van der Waals surface area contributed by atoms with Gasteiger partial charge in [0.1, 0.15) is 17.6 Å². The zero-order valence-electron chi connectivity index (χ0n) is 15.7. The Morgan fingerprint density at radius 2 is 2.03 bits per heavy atom. The van der Waals surface area contributed by atoms with Crippen molar-refractivity contribution in [3.63, 3.8) is 0 Å². The van der Waals surface area contributed by atoms with Crippen LogP contribution < -0.4 is 5.73 Å². The van der Waals surface area contributed by atoms with E-state index in [1.54, 1.807) is 18.3 Å². The molecule has 5 rings (SSSR count). The number of aromatic nitrogens is 2. The lowest BCUT2D eigenvalue weighted by molar-refractivity contribution is -0.0626. The van der Waals surface area contributed by atoms with Crippen molar-refractivity contribution in [2.45, 2.75) is 36.3 Å². The van der Waals surface area contributed by atoms with E-state index in [1.807, 2.05) is 0 Å². The van der Waals surface area contributed by atoms with E-state index in [9.17, 15) is 13.2 Å². The Bertz CT molecular complexity index is 1020. The van der Waals surface area contributed by atoms with Crippen molar-refractivity contribution < 1.29 is 22.6 Å². The minimum Gasteiger partial charge on any atom is -0.462 e. The molecule has 4 heterocycles. The van der Waals surface area contributed by atoms with E-state index in [-0.39, 0.29) is 6.02 Å². The van der Waals surface area contributed by atoms with Gasteiger partial charge in [0.2, 0.25) is 0 Å². The molecule has 0 unspecified atom stereocenters. The van der Waals surface area contributed by atoms with Crippen molar-refractivity contribution in [3.05, 3.63) is 58.4 Å². The van der Waals surface area contributed by atoms with Gasteiger partial charge in [0.05, 0.1) is 29.3 Å². The summed E-state index contributed by atoms with van der Waals surface area (Å²) in [4.78, 5) is 12.6. The molecule has 3 aliphatic rings. The van der Waals surface area contributed by atoms with E-state index < -0.39 is 40.9 Å². The monoisotopic (exact) mass is 438 g/mol. The Kier molecular flexibility index (Phi) is 4.44. The lowest BCUT2D eigenvalue weighted by atomic mass is 9.77. The highest BCUT2D eigenvalue weighted by atomic mass is 35.5. The third-order valence-electron chi connectivity index (χ3n) is 6.03. The zero-order chi connectivity index (χ0) is 21.1. The number of amidine groups is 1. The molecule has 2 aromatic heterocycles. The summed E-state index contributed by atoms with van der Waals surface area (Å²) in [5, 5.41) is 0.504. The van der Waals surface area contributed by atoms with Crippen molar-refractivity contribution in [2.24, 2.45) is 16.6 Å². The molecule has 1 saturated carbocycles. The molecule has 2 aliphatic heterocycles. The summed E-state index contributed by atoms with van der Waals surface area (Å²) in [6.07, 6.45) is -1.26. The Balaban J connectivity index is 1.54. The van der Waals surface area contributed by atoms with Crippen LogP contribution in [0.2, 0.25) is 5.02 Å². The first kappa shape index (κ1) is 19.6. The van der Waals surface area contributed by atoms with Crippen LogP contribution in [0.4, 0.5) is 13.2 Å². The number of fused-ring (bicyclic) bond motifs is 1. The fourth-order valence-corrected chi connectivity index (χ4v) is 4.45. The summed E-state index contributed by atoms with van der Waals surface area (Å²) < 4.78 is 54.0. The average Bonchev–Trinajstić information content (AvgIpc) is 3.45. The number of nitrogens with two attached hydrogens (primary N) is 1. The summed E-state index contributed by atoms with van der Waals surface area (Å²) in [5.74, 6) is -1.51. The third-order valence-corrected chi connectivity index (χ3v) is 6.25. The van der Waals surface area contributed by atoms with Crippen LogP contribution in [0.3, 0.4) is 0 Å². The van der Waals surface area contributed by atoms with Crippen LogP contribution in [0.1, 0.15) is 23.5 Å². The normalized spacial score (nSPS) is 28.9. The second-order valence-corrected chi connectivity index (χ2v) is 8.46. The van der Waals surface area contributed by atoms with Gasteiger partial charge in [-0.25, -0.2) is 18.2 Å².